The summed E-state index contributed by atoms with van der Waals surface area (Å²) >= 11 is 0. The molecule has 3 aliphatic rings. The second kappa shape index (κ2) is 8.76. The van der Waals surface area contributed by atoms with E-state index in [1.807, 2.05) is 50.2 Å². The van der Waals surface area contributed by atoms with Crippen molar-refractivity contribution in [2.24, 2.45) is 5.92 Å². The van der Waals surface area contributed by atoms with Gasteiger partial charge in [0.25, 0.3) is 0 Å². The van der Waals surface area contributed by atoms with Gasteiger partial charge in [0.15, 0.2) is 9.84 Å². The van der Waals surface area contributed by atoms with Gasteiger partial charge in [-0.2, -0.15) is 0 Å². The molecule has 33 heavy (non-hydrogen) atoms. The fourth-order valence-corrected chi connectivity index (χ4v) is 6.02. The van der Waals surface area contributed by atoms with Gasteiger partial charge in [0.05, 0.1) is 16.0 Å². The van der Waals surface area contributed by atoms with Crippen LogP contribution in [0.15, 0.2) is 53.4 Å². The lowest BCUT2D eigenvalue weighted by atomic mass is 9.71. The molecular weight excluding hydrogens is 434 g/mol. The molecule has 2 aromatic rings. The third-order valence-electron chi connectivity index (χ3n) is 7.52. The number of carbonyl (C=O) groups is 1. The van der Waals surface area contributed by atoms with Crippen molar-refractivity contribution >= 4 is 15.9 Å². The summed E-state index contributed by atoms with van der Waals surface area (Å²) in [6, 6.07) is 14.8. The van der Waals surface area contributed by atoms with Crippen LogP contribution in [-0.4, -0.2) is 50.8 Å². The average Bonchev–Trinajstić information content (AvgIpc) is 2.79. The zero-order chi connectivity index (χ0) is 23.9. The van der Waals surface area contributed by atoms with Crippen LogP contribution in [-0.2, 0) is 15.4 Å². The first-order valence-electron chi connectivity index (χ1n) is 11.8. The summed E-state index contributed by atoms with van der Waals surface area (Å²) in [5.41, 5.74) is 2.28. The van der Waals surface area contributed by atoms with E-state index in [4.69, 9.17) is 0 Å². The van der Waals surface area contributed by atoms with E-state index in [-0.39, 0.29) is 11.6 Å². The van der Waals surface area contributed by atoms with Crippen molar-refractivity contribution in [1.82, 2.24) is 15.5 Å². The van der Waals surface area contributed by atoms with Crippen LogP contribution in [0.25, 0.3) is 11.1 Å². The van der Waals surface area contributed by atoms with Crippen LogP contribution in [0.3, 0.4) is 0 Å². The van der Waals surface area contributed by atoms with Crippen LogP contribution in [0.5, 0.6) is 0 Å². The number of rotatable bonds is 6. The van der Waals surface area contributed by atoms with E-state index >= 15 is 0 Å². The van der Waals surface area contributed by atoms with Gasteiger partial charge in [-0.3, -0.25) is 0 Å². The minimum absolute atomic E-state index is 0.115. The van der Waals surface area contributed by atoms with Gasteiger partial charge in [0, 0.05) is 12.8 Å². The average molecular weight is 470 g/mol. The highest BCUT2D eigenvalue weighted by atomic mass is 32.2. The Hall–Kier alpha value is -2.38. The molecule has 2 bridgehead atoms. The normalized spacial score (nSPS) is 25.0. The van der Waals surface area contributed by atoms with Gasteiger partial charge in [-0.25, -0.2) is 13.2 Å². The summed E-state index contributed by atoms with van der Waals surface area (Å²) in [7, 11) is -3.21. The van der Waals surface area contributed by atoms with Crippen LogP contribution in [0.2, 0.25) is 0 Å². The molecule has 5 rings (SSSR count). The Bertz CT molecular complexity index is 1100. The summed E-state index contributed by atoms with van der Waals surface area (Å²) in [6.07, 6.45) is 4.46. The van der Waals surface area contributed by atoms with E-state index in [1.54, 1.807) is 12.1 Å². The first-order chi connectivity index (χ1) is 15.5. The number of nitrogens with one attached hydrogen (secondary N) is 2. The Balaban J connectivity index is 1.44. The number of hydrogen-bond acceptors (Lipinski definition) is 4. The van der Waals surface area contributed by atoms with Crippen molar-refractivity contribution in [3.05, 3.63) is 54.1 Å². The van der Waals surface area contributed by atoms with Crippen molar-refractivity contribution in [1.29, 1.82) is 0 Å². The number of nitrogens with zero attached hydrogens (tertiary/aromatic N) is 1. The van der Waals surface area contributed by atoms with E-state index < -0.39 is 15.4 Å². The van der Waals surface area contributed by atoms with Gasteiger partial charge in [-0.1, -0.05) is 43.3 Å². The van der Waals surface area contributed by atoms with Crippen LogP contribution in [0.1, 0.15) is 45.6 Å². The second-order valence-corrected chi connectivity index (χ2v) is 12.2. The monoisotopic (exact) mass is 469 g/mol. The molecule has 3 fully saturated rings. The molecule has 1 atom stereocenters. The summed E-state index contributed by atoms with van der Waals surface area (Å²) in [4.78, 5) is 15.8. The molecule has 6 nitrogen and oxygen atoms in total. The van der Waals surface area contributed by atoms with Gasteiger partial charge < -0.3 is 15.5 Å². The maximum absolute atomic E-state index is 13.1. The number of amides is 2. The molecule has 178 valence electrons. The third kappa shape index (κ3) is 4.94. The molecule has 7 heteroatoms. The lowest BCUT2D eigenvalue weighted by Crippen LogP contribution is -2.68. The summed E-state index contributed by atoms with van der Waals surface area (Å²) < 4.78 is 23.4. The van der Waals surface area contributed by atoms with E-state index in [2.05, 4.69) is 22.5 Å². The highest BCUT2D eigenvalue weighted by Gasteiger charge is 2.46. The third-order valence-corrected chi connectivity index (χ3v) is 8.65. The van der Waals surface area contributed by atoms with Gasteiger partial charge >= 0.3 is 6.03 Å². The van der Waals surface area contributed by atoms with Crippen molar-refractivity contribution < 1.29 is 13.2 Å². The standard InChI is InChI=1S/C26H35N3O3S/c1-5-26(18-29-16-14-22(26)15-17-29)28-24(30)27-25(2,3)21-10-6-19(7-11-21)20-8-12-23(13-9-20)33(4,31)32/h6-13,22H,5,14-18H2,1-4H3,(H2,27,28,30). The molecule has 0 aromatic heterocycles. The molecule has 0 saturated carbocycles. The van der Waals surface area contributed by atoms with Crippen LogP contribution in [0.4, 0.5) is 4.79 Å². The van der Waals surface area contributed by atoms with Gasteiger partial charge in [0.1, 0.15) is 0 Å². The molecule has 2 aromatic carbocycles. The predicted molar refractivity (Wildman–Crippen MR) is 132 cm³/mol. The van der Waals surface area contributed by atoms with Crippen molar-refractivity contribution in [2.45, 2.75) is 56.0 Å². The van der Waals surface area contributed by atoms with Crippen molar-refractivity contribution in [3.63, 3.8) is 0 Å². The van der Waals surface area contributed by atoms with Crippen LogP contribution >= 0.6 is 0 Å². The smallest absolute Gasteiger partial charge is 0.315 e. The zero-order valence-electron chi connectivity index (χ0n) is 20.0. The molecule has 0 radical (unpaired) electrons. The molecule has 0 spiro atoms. The number of carbonyl (C=O) groups excluding carboxylic acids is 1. The van der Waals surface area contributed by atoms with Crippen molar-refractivity contribution in [3.8, 4) is 11.1 Å². The first-order valence-corrected chi connectivity index (χ1v) is 13.7. The predicted octanol–water partition coefficient (Wildman–Crippen LogP) is 4.17. The summed E-state index contributed by atoms with van der Waals surface area (Å²) in [6.45, 7) is 9.42. The number of hydrogen-bond donors (Lipinski definition) is 2. The molecule has 2 N–H and O–H groups in total. The van der Waals surface area contributed by atoms with E-state index in [0.717, 1.165) is 55.6 Å². The molecule has 3 heterocycles. The topological polar surface area (TPSA) is 78.5 Å². The molecule has 1 unspecified atom stereocenters. The maximum atomic E-state index is 13.1. The minimum atomic E-state index is -3.21. The lowest BCUT2D eigenvalue weighted by molar-refractivity contribution is 0.00985. The highest BCUT2D eigenvalue weighted by molar-refractivity contribution is 7.90. The summed E-state index contributed by atoms with van der Waals surface area (Å²) in [5, 5.41) is 6.54. The Morgan fingerprint density at radius 1 is 1.03 bits per heavy atom. The highest BCUT2D eigenvalue weighted by Crippen LogP contribution is 2.38. The largest absolute Gasteiger partial charge is 0.331 e. The molecular formula is C26H35N3O3S. The Morgan fingerprint density at radius 2 is 1.58 bits per heavy atom. The van der Waals surface area contributed by atoms with Crippen LogP contribution in [0, 0.1) is 5.92 Å². The molecule has 3 saturated heterocycles. The fourth-order valence-electron chi connectivity index (χ4n) is 5.39. The fraction of sp³-hybridized carbons (Fsp3) is 0.500. The number of sulfone groups is 1. The summed E-state index contributed by atoms with van der Waals surface area (Å²) in [5.74, 6) is 0.551. The van der Waals surface area contributed by atoms with Crippen molar-refractivity contribution in [2.75, 3.05) is 25.9 Å². The van der Waals surface area contributed by atoms with Gasteiger partial charge in [0.2, 0.25) is 0 Å². The number of piperidine rings is 3. The zero-order valence-corrected chi connectivity index (χ0v) is 20.8. The number of urea groups is 1. The number of fused-ring (bicyclic) bond motifs is 3. The SMILES string of the molecule is CCC1(NC(=O)NC(C)(C)c2ccc(-c3ccc(S(C)(=O)=O)cc3)cc2)CN2CCC1CC2. The Morgan fingerprint density at radius 3 is 2.03 bits per heavy atom. The van der Waals surface area contributed by atoms with E-state index in [1.165, 1.54) is 6.26 Å². The second-order valence-electron chi connectivity index (χ2n) is 10.1. The minimum Gasteiger partial charge on any atom is -0.331 e. The van der Waals surface area contributed by atoms with Crippen LogP contribution < -0.4 is 10.6 Å². The Labute approximate surface area is 197 Å². The quantitative estimate of drug-likeness (QED) is 0.666. The Kier molecular flexibility index (Phi) is 6.31. The first kappa shape index (κ1) is 23.8. The van der Waals surface area contributed by atoms with Gasteiger partial charge in [-0.15, -0.1) is 0 Å². The molecule has 3 aliphatic heterocycles. The maximum Gasteiger partial charge on any atom is 0.315 e. The molecule has 2 amide bonds. The molecule has 0 aliphatic carbocycles. The van der Waals surface area contributed by atoms with Gasteiger partial charge in [-0.05, 0) is 80.9 Å². The van der Waals surface area contributed by atoms with E-state index in [0.29, 0.717) is 10.8 Å². The number of benzene rings is 2. The van der Waals surface area contributed by atoms with E-state index in [9.17, 15) is 13.2 Å². The lowest BCUT2D eigenvalue weighted by Gasteiger charge is -2.53.